The van der Waals surface area contributed by atoms with Crippen LogP contribution in [0.4, 0.5) is 13.2 Å². The molecule has 0 aliphatic heterocycles. The van der Waals surface area contributed by atoms with Gasteiger partial charge in [0.05, 0.1) is 18.0 Å². The van der Waals surface area contributed by atoms with Crippen molar-refractivity contribution in [3.8, 4) is 0 Å². The van der Waals surface area contributed by atoms with Crippen LogP contribution >= 0.6 is 0 Å². The van der Waals surface area contributed by atoms with E-state index in [9.17, 15) is 27.6 Å². The monoisotopic (exact) mass is 368 g/mol. The number of aliphatic carboxylic acids is 1. The van der Waals surface area contributed by atoms with Crippen LogP contribution in [-0.2, 0) is 19.1 Å². The maximum Gasteiger partial charge on any atom is 0.490 e. The fraction of sp³-hybridized carbons (Fsp3) is 0.692. The Labute approximate surface area is 140 Å². The summed E-state index contributed by atoms with van der Waals surface area (Å²) in [7, 11) is 0. The van der Waals surface area contributed by atoms with E-state index >= 15 is 0 Å². The number of carbonyl (C=O) groups is 3. The van der Waals surface area contributed by atoms with Crippen molar-refractivity contribution in [3.63, 3.8) is 0 Å². The lowest BCUT2D eigenvalue weighted by molar-refractivity contribution is -0.200. The molecule has 1 unspecified atom stereocenters. The molecule has 12 heteroatoms. The number of halogens is 3. The highest BCUT2D eigenvalue weighted by Crippen LogP contribution is 2.36. The van der Waals surface area contributed by atoms with Crippen molar-refractivity contribution in [2.75, 3.05) is 6.61 Å². The summed E-state index contributed by atoms with van der Waals surface area (Å²) in [5, 5.41) is 11.5. The van der Waals surface area contributed by atoms with Crippen molar-refractivity contribution in [3.05, 3.63) is 0 Å². The molecule has 1 rings (SSSR count). The first-order chi connectivity index (χ1) is 11.4. The zero-order chi connectivity index (χ0) is 19.4. The number of guanidine groups is 1. The zero-order valence-corrected chi connectivity index (χ0v) is 13.2. The smallest absolute Gasteiger partial charge is 0.481 e. The number of carbonyl (C=O) groups excluding carboxylic acids is 2. The maximum atomic E-state index is 12.3. The molecule has 142 valence electrons. The van der Waals surface area contributed by atoms with E-state index in [-0.39, 0.29) is 18.8 Å². The molecule has 1 fully saturated rings. The van der Waals surface area contributed by atoms with Gasteiger partial charge >= 0.3 is 18.1 Å². The molecule has 0 aromatic heterocycles. The number of amides is 1. The molecule has 1 aliphatic carbocycles. The van der Waals surface area contributed by atoms with Gasteiger partial charge in [-0.1, -0.05) is 0 Å². The Balaban J connectivity index is 2.97. The van der Waals surface area contributed by atoms with Crippen molar-refractivity contribution in [2.24, 2.45) is 28.3 Å². The molecule has 6 N–H and O–H groups in total. The number of rotatable bonds is 6. The summed E-state index contributed by atoms with van der Waals surface area (Å²) in [6.07, 6.45) is -5.13. The predicted molar refractivity (Wildman–Crippen MR) is 78.1 cm³/mol. The molecule has 0 aromatic rings. The summed E-state index contributed by atoms with van der Waals surface area (Å²) < 4.78 is 41.0. The molecule has 1 saturated carbocycles. The third-order valence-corrected chi connectivity index (χ3v) is 3.77. The van der Waals surface area contributed by atoms with E-state index in [0.29, 0.717) is 0 Å². The Morgan fingerprint density at radius 1 is 1.32 bits per heavy atom. The Kier molecular flexibility index (Phi) is 6.59. The number of hydrogen-bond donors (Lipinski definition) is 4. The van der Waals surface area contributed by atoms with Gasteiger partial charge in [0.2, 0.25) is 5.91 Å². The quantitative estimate of drug-likeness (QED) is 0.275. The molecule has 0 saturated heterocycles. The number of aliphatic imine (C=N–C) groups is 1. The number of nitrogens with one attached hydrogen (secondary N) is 1. The van der Waals surface area contributed by atoms with Crippen LogP contribution in [-0.4, -0.2) is 53.8 Å². The van der Waals surface area contributed by atoms with Gasteiger partial charge < -0.3 is 26.6 Å². The highest BCUT2D eigenvalue weighted by molar-refractivity contribution is 5.77. The molecule has 1 amide bonds. The van der Waals surface area contributed by atoms with Gasteiger partial charge in [-0.3, -0.25) is 9.59 Å². The van der Waals surface area contributed by atoms with Crippen LogP contribution in [0.3, 0.4) is 0 Å². The minimum atomic E-state index is -5.18. The number of hydrogen-bond acceptors (Lipinski definition) is 5. The Morgan fingerprint density at radius 2 is 1.92 bits per heavy atom. The molecule has 0 heterocycles. The number of esters is 1. The van der Waals surface area contributed by atoms with Gasteiger partial charge in [-0.25, -0.2) is 9.79 Å². The lowest BCUT2D eigenvalue weighted by atomic mass is 9.94. The second-order valence-corrected chi connectivity index (χ2v) is 5.69. The molecule has 9 nitrogen and oxygen atoms in total. The average molecular weight is 368 g/mol. The Morgan fingerprint density at radius 3 is 2.36 bits per heavy atom. The number of carboxylic acid groups (broad SMARTS) is 1. The van der Waals surface area contributed by atoms with E-state index in [2.05, 4.69) is 15.0 Å². The summed E-state index contributed by atoms with van der Waals surface area (Å²) in [6, 6.07) is -1.81. The zero-order valence-electron chi connectivity index (χ0n) is 13.2. The predicted octanol–water partition coefficient (Wildman–Crippen LogP) is -0.651. The number of ether oxygens (including phenoxy) is 1. The van der Waals surface area contributed by atoms with Crippen LogP contribution in [0.5, 0.6) is 0 Å². The van der Waals surface area contributed by atoms with E-state index in [1.54, 1.807) is 0 Å². The van der Waals surface area contributed by atoms with Gasteiger partial charge in [0.1, 0.15) is 6.61 Å². The van der Waals surface area contributed by atoms with E-state index in [1.807, 2.05) is 0 Å². The second kappa shape index (κ2) is 8.03. The maximum absolute atomic E-state index is 12.3. The van der Waals surface area contributed by atoms with Gasteiger partial charge in [0.15, 0.2) is 5.96 Å². The normalized spacial score (nSPS) is 24.2. The number of alkyl halides is 3. The van der Waals surface area contributed by atoms with Crippen molar-refractivity contribution in [1.29, 1.82) is 0 Å². The summed E-state index contributed by atoms with van der Waals surface area (Å²) in [5.74, 6) is -5.99. The average Bonchev–Trinajstić information content (AvgIpc) is 2.84. The molecule has 0 bridgehead atoms. The Hall–Kier alpha value is -2.53. The molecule has 4 atom stereocenters. The lowest BCUT2D eigenvalue weighted by Gasteiger charge is -2.27. The number of carboxylic acids is 1. The second-order valence-electron chi connectivity index (χ2n) is 5.69. The van der Waals surface area contributed by atoms with Crippen molar-refractivity contribution in [2.45, 2.75) is 38.0 Å². The third kappa shape index (κ3) is 6.12. The fourth-order valence-corrected chi connectivity index (χ4v) is 2.80. The first-order valence-corrected chi connectivity index (χ1v) is 7.24. The van der Waals surface area contributed by atoms with E-state index in [0.717, 1.165) is 6.92 Å². The molecule has 25 heavy (non-hydrogen) atoms. The van der Waals surface area contributed by atoms with Crippen LogP contribution in [0.25, 0.3) is 0 Å². The molecule has 0 aromatic carbocycles. The largest absolute Gasteiger partial charge is 0.490 e. The van der Waals surface area contributed by atoms with Gasteiger partial charge in [-0.2, -0.15) is 13.2 Å². The third-order valence-electron chi connectivity index (χ3n) is 3.77. The van der Waals surface area contributed by atoms with Crippen molar-refractivity contribution in [1.82, 2.24) is 5.32 Å². The van der Waals surface area contributed by atoms with Gasteiger partial charge in [-0.15, -0.1) is 0 Å². The highest BCUT2D eigenvalue weighted by atomic mass is 19.4. The standard InChI is InChI=1S/C13H19F3N4O5/c1-5(21)19-9(4-25-11(24)13(14,15)16)7-2-6(10(22)23)3-8(7)20-12(17)18/h6-9H,2-4H2,1H3,(H,19,21)(H,22,23)(H4,17,18,20)/t6-,7-,8-,9?/m0/s1. The summed E-state index contributed by atoms with van der Waals surface area (Å²) >= 11 is 0. The molecular formula is C13H19F3N4O5. The van der Waals surface area contributed by atoms with Crippen molar-refractivity contribution < 1.29 is 37.4 Å². The minimum absolute atomic E-state index is 0.00525. The molecule has 0 radical (unpaired) electrons. The van der Waals surface area contributed by atoms with Gasteiger partial charge in [0, 0.05) is 12.8 Å². The summed E-state index contributed by atoms with van der Waals surface area (Å²) in [6.45, 7) is 0.337. The van der Waals surface area contributed by atoms with Crippen LogP contribution in [0.15, 0.2) is 4.99 Å². The van der Waals surface area contributed by atoms with Gasteiger partial charge in [-0.05, 0) is 12.8 Å². The molecular weight excluding hydrogens is 349 g/mol. The SMILES string of the molecule is CC(=O)NC(COC(=O)C(F)(F)F)[C@H]1C[C@H](C(=O)O)C[C@@H]1N=C(N)N. The topological polar surface area (TPSA) is 157 Å². The Bertz CT molecular complexity index is 562. The summed E-state index contributed by atoms with van der Waals surface area (Å²) in [4.78, 5) is 37.3. The van der Waals surface area contributed by atoms with Crippen LogP contribution < -0.4 is 16.8 Å². The highest BCUT2D eigenvalue weighted by Gasteiger charge is 2.45. The first kappa shape index (κ1) is 20.5. The summed E-state index contributed by atoms with van der Waals surface area (Å²) in [5.41, 5.74) is 10.6. The van der Waals surface area contributed by atoms with Crippen LogP contribution in [0.1, 0.15) is 19.8 Å². The number of nitrogens with zero attached hydrogens (tertiary/aromatic N) is 1. The number of nitrogens with two attached hydrogens (primary N) is 2. The lowest BCUT2D eigenvalue weighted by Crippen LogP contribution is -2.46. The van der Waals surface area contributed by atoms with Crippen LogP contribution in [0.2, 0.25) is 0 Å². The molecule has 1 aliphatic rings. The minimum Gasteiger partial charge on any atom is -0.481 e. The van der Waals surface area contributed by atoms with Crippen LogP contribution in [0, 0.1) is 11.8 Å². The van der Waals surface area contributed by atoms with E-state index in [4.69, 9.17) is 16.6 Å². The van der Waals surface area contributed by atoms with E-state index < -0.39 is 54.5 Å². The van der Waals surface area contributed by atoms with Crippen molar-refractivity contribution >= 4 is 23.8 Å². The van der Waals surface area contributed by atoms with E-state index in [1.165, 1.54) is 0 Å². The fourth-order valence-electron chi connectivity index (χ4n) is 2.80. The van der Waals surface area contributed by atoms with Gasteiger partial charge in [0.25, 0.3) is 0 Å². The first-order valence-electron chi connectivity index (χ1n) is 7.24. The molecule has 0 spiro atoms.